The Morgan fingerprint density at radius 2 is 1.77 bits per heavy atom. The molecule has 1 fully saturated rings. The van der Waals surface area contributed by atoms with Gasteiger partial charge in [0, 0.05) is 30.9 Å². The molecule has 0 spiro atoms. The summed E-state index contributed by atoms with van der Waals surface area (Å²) in [7, 11) is 0. The predicted octanol–water partition coefficient (Wildman–Crippen LogP) is 3.61. The van der Waals surface area contributed by atoms with E-state index in [-0.39, 0.29) is 18.3 Å². The van der Waals surface area contributed by atoms with Gasteiger partial charge in [0.2, 0.25) is 0 Å². The third kappa shape index (κ3) is 5.78. The van der Waals surface area contributed by atoms with Crippen molar-refractivity contribution in [2.45, 2.75) is 44.6 Å². The van der Waals surface area contributed by atoms with Crippen LogP contribution in [0.4, 0.5) is 0 Å². The SMILES string of the molecule is Cl.O=C(NCCNC1CCCCCC1)c1cncnc1-c1ccccc1. The Hall–Kier alpha value is -1.98. The van der Waals surface area contributed by atoms with E-state index in [1.54, 1.807) is 6.20 Å². The lowest BCUT2D eigenvalue weighted by Gasteiger charge is -2.16. The predicted molar refractivity (Wildman–Crippen MR) is 107 cm³/mol. The summed E-state index contributed by atoms with van der Waals surface area (Å²) in [4.78, 5) is 20.8. The van der Waals surface area contributed by atoms with Gasteiger partial charge >= 0.3 is 0 Å². The second kappa shape index (κ2) is 10.9. The summed E-state index contributed by atoms with van der Waals surface area (Å²) in [5.41, 5.74) is 2.11. The van der Waals surface area contributed by atoms with Gasteiger partial charge < -0.3 is 10.6 Å². The fourth-order valence-electron chi connectivity index (χ4n) is 3.35. The molecule has 2 N–H and O–H groups in total. The number of carbonyl (C=O) groups excluding carboxylic acids is 1. The fourth-order valence-corrected chi connectivity index (χ4v) is 3.35. The van der Waals surface area contributed by atoms with Crippen LogP contribution in [0.25, 0.3) is 11.3 Å². The fraction of sp³-hybridized carbons (Fsp3) is 0.450. The molecule has 1 aromatic carbocycles. The molecule has 0 unspecified atom stereocenters. The molecule has 140 valence electrons. The van der Waals surface area contributed by atoms with Crippen LogP contribution in [0.1, 0.15) is 48.9 Å². The summed E-state index contributed by atoms with van der Waals surface area (Å²) >= 11 is 0. The number of carbonyl (C=O) groups is 1. The first-order valence-corrected chi connectivity index (χ1v) is 9.21. The molecule has 1 aromatic heterocycles. The van der Waals surface area contributed by atoms with Crippen molar-refractivity contribution in [3.05, 3.63) is 48.4 Å². The van der Waals surface area contributed by atoms with Gasteiger partial charge in [-0.25, -0.2) is 9.97 Å². The van der Waals surface area contributed by atoms with Gasteiger partial charge in [-0.1, -0.05) is 56.0 Å². The highest BCUT2D eigenvalue weighted by atomic mass is 35.5. The maximum atomic E-state index is 12.5. The molecular formula is C20H27ClN4O. The standard InChI is InChI=1S/C20H26N4O.ClH/c25-20(23-13-12-22-17-10-6-1-2-7-11-17)18-14-21-15-24-19(18)16-8-4-3-5-9-16;/h3-5,8-9,14-15,17,22H,1-2,6-7,10-13H2,(H,23,25);1H. The molecule has 26 heavy (non-hydrogen) atoms. The minimum Gasteiger partial charge on any atom is -0.351 e. The van der Waals surface area contributed by atoms with Crippen LogP contribution in [-0.2, 0) is 0 Å². The molecule has 0 bridgehead atoms. The van der Waals surface area contributed by atoms with Gasteiger partial charge in [-0.15, -0.1) is 12.4 Å². The number of hydrogen-bond donors (Lipinski definition) is 2. The molecule has 5 nitrogen and oxygen atoms in total. The average molecular weight is 375 g/mol. The van der Waals surface area contributed by atoms with Crippen LogP contribution < -0.4 is 10.6 Å². The molecule has 1 saturated carbocycles. The van der Waals surface area contributed by atoms with Crippen molar-refractivity contribution < 1.29 is 4.79 Å². The number of benzene rings is 1. The van der Waals surface area contributed by atoms with Crippen LogP contribution in [-0.4, -0.2) is 35.0 Å². The lowest BCUT2D eigenvalue weighted by Crippen LogP contribution is -2.37. The largest absolute Gasteiger partial charge is 0.351 e. The highest BCUT2D eigenvalue weighted by molar-refractivity contribution is 5.99. The van der Waals surface area contributed by atoms with Crippen LogP contribution >= 0.6 is 12.4 Å². The summed E-state index contributed by atoms with van der Waals surface area (Å²) in [6.07, 6.45) is 10.9. The van der Waals surface area contributed by atoms with Crippen molar-refractivity contribution in [1.29, 1.82) is 0 Å². The van der Waals surface area contributed by atoms with Gasteiger partial charge in [-0.2, -0.15) is 0 Å². The number of nitrogens with zero attached hydrogens (tertiary/aromatic N) is 2. The van der Waals surface area contributed by atoms with Crippen LogP contribution in [0.15, 0.2) is 42.9 Å². The average Bonchev–Trinajstić information content (AvgIpc) is 2.94. The van der Waals surface area contributed by atoms with Crippen molar-refractivity contribution in [1.82, 2.24) is 20.6 Å². The van der Waals surface area contributed by atoms with E-state index < -0.39 is 0 Å². The summed E-state index contributed by atoms with van der Waals surface area (Å²) < 4.78 is 0. The molecule has 1 aliphatic rings. The zero-order valence-electron chi connectivity index (χ0n) is 15.0. The minimum absolute atomic E-state index is 0. The van der Waals surface area contributed by atoms with Crippen molar-refractivity contribution in [3.63, 3.8) is 0 Å². The number of aromatic nitrogens is 2. The summed E-state index contributed by atoms with van der Waals surface area (Å²) in [5, 5.41) is 6.55. The number of amides is 1. The van der Waals surface area contributed by atoms with E-state index in [0.29, 0.717) is 23.8 Å². The topological polar surface area (TPSA) is 66.9 Å². The molecule has 1 heterocycles. The van der Waals surface area contributed by atoms with Crippen molar-refractivity contribution in [2.24, 2.45) is 0 Å². The van der Waals surface area contributed by atoms with Crippen LogP contribution in [0.2, 0.25) is 0 Å². The smallest absolute Gasteiger partial charge is 0.255 e. The van der Waals surface area contributed by atoms with Crippen LogP contribution in [0.5, 0.6) is 0 Å². The first-order valence-electron chi connectivity index (χ1n) is 9.21. The molecule has 0 saturated heterocycles. The van der Waals surface area contributed by atoms with E-state index in [2.05, 4.69) is 20.6 Å². The van der Waals surface area contributed by atoms with Gasteiger partial charge in [-0.3, -0.25) is 4.79 Å². The minimum atomic E-state index is -0.123. The maximum absolute atomic E-state index is 12.5. The Bertz CT molecular complexity index is 673. The van der Waals surface area contributed by atoms with E-state index in [1.807, 2.05) is 30.3 Å². The monoisotopic (exact) mass is 374 g/mol. The molecule has 1 amide bonds. The highest BCUT2D eigenvalue weighted by Crippen LogP contribution is 2.20. The van der Waals surface area contributed by atoms with Crippen LogP contribution in [0, 0.1) is 0 Å². The first kappa shape index (κ1) is 20.3. The second-order valence-corrected chi connectivity index (χ2v) is 6.55. The second-order valence-electron chi connectivity index (χ2n) is 6.55. The molecule has 6 heteroatoms. The lowest BCUT2D eigenvalue weighted by molar-refractivity contribution is 0.0953. The van der Waals surface area contributed by atoms with Crippen molar-refractivity contribution in [2.75, 3.05) is 13.1 Å². The van der Waals surface area contributed by atoms with E-state index in [4.69, 9.17) is 0 Å². The van der Waals surface area contributed by atoms with Gasteiger partial charge in [0.15, 0.2) is 0 Å². The normalized spacial score (nSPS) is 14.9. The third-order valence-electron chi connectivity index (χ3n) is 4.70. The van der Waals surface area contributed by atoms with Gasteiger partial charge in [0.05, 0.1) is 11.3 Å². The molecule has 2 aromatic rings. The Kier molecular flexibility index (Phi) is 8.51. The van der Waals surface area contributed by atoms with E-state index in [1.165, 1.54) is 44.9 Å². The van der Waals surface area contributed by atoms with E-state index >= 15 is 0 Å². The van der Waals surface area contributed by atoms with Gasteiger partial charge in [-0.05, 0) is 12.8 Å². The molecule has 3 rings (SSSR count). The summed E-state index contributed by atoms with van der Waals surface area (Å²) in [5.74, 6) is -0.123. The number of hydrogen-bond acceptors (Lipinski definition) is 4. The lowest BCUT2D eigenvalue weighted by atomic mass is 10.1. The Morgan fingerprint density at radius 1 is 1.04 bits per heavy atom. The van der Waals surface area contributed by atoms with Gasteiger partial charge in [0.25, 0.3) is 5.91 Å². The Balaban J connectivity index is 0.00000243. The Morgan fingerprint density at radius 3 is 2.50 bits per heavy atom. The zero-order chi connectivity index (χ0) is 17.3. The molecule has 1 aliphatic carbocycles. The number of rotatable bonds is 6. The molecule has 0 radical (unpaired) electrons. The Labute approximate surface area is 161 Å². The van der Waals surface area contributed by atoms with E-state index in [0.717, 1.165) is 12.1 Å². The van der Waals surface area contributed by atoms with Crippen molar-refractivity contribution >= 4 is 18.3 Å². The zero-order valence-corrected chi connectivity index (χ0v) is 15.8. The number of nitrogens with one attached hydrogen (secondary N) is 2. The third-order valence-corrected chi connectivity index (χ3v) is 4.70. The van der Waals surface area contributed by atoms with Crippen molar-refractivity contribution in [3.8, 4) is 11.3 Å². The number of halogens is 1. The van der Waals surface area contributed by atoms with Gasteiger partial charge in [0.1, 0.15) is 6.33 Å². The highest BCUT2D eigenvalue weighted by Gasteiger charge is 2.15. The quantitative estimate of drug-likeness (QED) is 0.598. The summed E-state index contributed by atoms with van der Waals surface area (Å²) in [6.45, 7) is 1.41. The van der Waals surface area contributed by atoms with E-state index in [9.17, 15) is 4.79 Å². The first-order chi connectivity index (χ1) is 12.3. The van der Waals surface area contributed by atoms with Crippen LogP contribution in [0.3, 0.4) is 0 Å². The maximum Gasteiger partial charge on any atom is 0.255 e. The molecule has 0 aliphatic heterocycles. The molecule has 0 atom stereocenters. The summed E-state index contributed by atoms with van der Waals surface area (Å²) in [6, 6.07) is 10.3. The molecular weight excluding hydrogens is 348 g/mol.